The third-order valence-corrected chi connectivity index (χ3v) is 5.15. The van der Waals surface area contributed by atoms with E-state index in [-0.39, 0.29) is 0 Å². The highest BCUT2D eigenvalue weighted by Crippen LogP contribution is 2.29. The van der Waals surface area contributed by atoms with Gasteiger partial charge in [-0.15, -0.1) is 0 Å². The van der Waals surface area contributed by atoms with Crippen LogP contribution in [0.15, 0.2) is 79.1 Å². The molecule has 152 valence electrons. The van der Waals surface area contributed by atoms with Gasteiger partial charge >= 0.3 is 5.97 Å². The van der Waals surface area contributed by atoms with Crippen molar-refractivity contribution in [1.82, 2.24) is 9.97 Å². The summed E-state index contributed by atoms with van der Waals surface area (Å²) in [6, 6.07) is 21.5. The number of rotatable bonds is 5. The van der Waals surface area contributed by atoms with E-state index in [0.29, 0.717) is 11.1 Å². The third-order valence-electron chi connectivity index (χ3n) is 5.15. The predicted molar refractivity (Wildman–Crippen MR) is 125 cm³/mol. The molecule has 2 heterocycles. The van der Waals surface area contributed by atoms with Crippen molar-refractivity contribution in [3.63, 3.8) is 0 Å². The first-order valence-corrected chi connectivity index (χ1v) is 10.0. The Labute approximate surface area is 181 Å². The Kier molecular flexibility index (Phi) is 5.72. The van der Waals surface area contributed by atoms with Gasteiger partial charge in [0.15, 0.2) is 0 Å². The Hall–Kier alpha value is -4.05. The fraction of sp³-hybridized carbons (Fsp3) is 0.0741. The lowest BCUT2D eigenvalue weighted by atomic mass is 9.97. The number of aromatic nitrogens is 2. The maximum atomic E-state index is 11.4. The highest BCUT2D eigenvalue weighted by atomic mass is 16.4. The number of carboxylic acid groups (broad SMARTS) is 1. The molecule has 4 nitrogen and oxygen atoms in total. The standard InChI is InChI=1S/C27H22N2O2/c1-18-14-21(12-13-25(18)27(30)31)26-22(11-9-20-6-4-3-5-7-20)15-24(17-29-26)23-10-8-19(2)28-16-23/h3-17H,1-2H3,(H,30,31)/b11-9+. The summed E-state index contributed by atoms with van der Waals surface area (Å²) in [7, 11) is 0. The molecule has 0 spiro atoms. The molecule has 0 radical (unpaired) electrons. The van der Waals surface area contributed by atoms with Gasteiger partial charge < -0.3 is 5.11 Å². The van der Waals surface area contributed by atoms with Gasteiger partial charge in [0, 0.05) is 40.3 Å². The van der Waals surface area contributed by atoms with Crippen LogP contribution in [0.3, 0.4) is 0 Å². The van der Waals surface area contributed by atoms with E-state index in [2.05, 4.69) is 17.1 Å². The van der Waals surface area contributed by atoms with Gasteiger partial charge in [0.25, 0.3) is 0 Å². The number of hydrogen-bond acceptors (Lipinski definition) is 3. The Bertz CT molecular complexity index is 1260. The summed E-state index contributed by atoms with van der Waals surface area (Å²) in [4.78, 5) is 20.5. The second-order valence-corrected chi connectivity index (χ2v) is 7.43. The van der Waals surface area contributed by atoms with E-state index in [9.17, 15) is 9.90 Å². The lowest BCUT2D eigenvalue weighted by Gasteiger charge is -2.11. The normalized spacial score (nSPS) is 11.0. The van der Waals surface area contributed by atoms with Crippen molar-refractivity contribution in [3.8, 4) is 22.4 Å². The topological polar surface area (TPSA) is 63.1 Å². The molecule has 0 aliphatic rings. The van der Waals surface area contributed by atoms with Gasteiger partial charge in [-0.05, 0) is 49.2 Å². The van der Waals surface area contributed by atoms with Crippen molar-refractivity contribution in [3.05, 3.63) is 107 Å². The summed E-state index contributed by atoms with van der Waals surface area (Å²) >= 11 is 0. The van der Waals surface area contributed by atoms with Crippen molar-refractivity contribution in [1.29, 1.82) is 0 Å². The van der Waals surface area contributed by atoms with Crippen LogP contribution in [0.2, 0.25) is 0 Å². The Morgan fingerprint density at radius 3 is 2.23 bits per heavy atom. The van der Waals surface area contributed by atoms with Crippen LogP contribution in [0.1, 0.15) is 32.7 Å². The number of aromatic carboxylic acids is 1. The molecule has 31 heavy (non-hydrogen) atoms. The summed E-state index contributed by atoms with van der Waals surface area (Å²) in [5.74, 6) is -0.927. The minimum absolute atomic E-state index is 0.299. The molecule has 4 rings (SSSR count). The monoisotopic (exact) mass is 406 g/mol. The first-order chi connectivity index (χ1) is 15.0. The van der Waals surface area contributed by atoms with Gasteiger partial charge in [-0.2, -0.15) is 0 Å². The van der Waals surface area contributed by atoms with Crippen LogP contribution in [0.5, 0.6) is 0 Å². The second-order valence-electron chi connectivity index (χ2n) is 7.43. The van der Waals surface area contributed by atoms with Crippen LogP contribution >= 0.6 is 0 Å². The molecule has 0 aliphatic carbocycles. The summed E-state index contributed by atoms with van der Waals surface area (Å²) in [5, 5.41) is 9.34. The zero-order chi connectivity index (χ0) is 21.8. The van der Waals surface area contributed by atoms with Crippen molar-refractivity contribution in [2.45, 2.75) is 13.8 Å². The highest BCUT2D eigenvalue weighted by Gasteiger charge is 2.12. The molecular formula is C27H22N2O2. The predicted octanol–water partition coefficient (Wildman–Crippen LogP) is 6.30. The molecule has 0 amide bonds. The van der Waals surface area contributed by atoms with E-state index >= 15 is 0 Å². The van der Waals surface area contributed by atoms with Gasteiger partial charge in [0.05, 0.1) is 11.3 Å². The zero-order valence-corrected chi connectivity index (χ0v) is 17.4. The maximum absolute atomic E-state index is 11.4. The quantitative estimate of drug-likeness (QED) is 0.423. The van der Waals surface area contributed by atoms with Crippen LogP contribution in [0, 0.1) is 13.8 Å². The second kappa shape index (κ2) is 8.76. The smallest absolute Gasteiger partial charge is 0.335 e. The zero-order valence-electron chi connectivity index (χ0n) is 17.4. The van der Waals surface area contributed by atoms with Gasteiger partial charge in [-0.25, -0.2) is 4.79 Å². The number of pyridine rings is 2. The number of carbonyl (C=O) groups is 1. The summed E-state index contributed by atoms with van der Waals surface area (Å²) in [6.07, 6.45) is 7.78. The average molecular weight is 406 g/mol. The number of hydrogen-bond donors (Lipinski definition) is 1. The molecule has 2 aromatic heterocycles. The van der Waals surface area contributed by atoms with Crippen LogP contribution < -0.4 is 0 Å². The molecule has 0 saturated carbocycles. The van der Waals surface area contributed by atoms with E-state index in [0.717, 1.165) is 39.2 Å². The first kappa shape index (κ1) is 20.2. The van der Waals surface area contributed by atoms with E-state index in [1.165, 1.54) is 0 Å². The minimum Gasteiger partial charge on any atom is -0.478 e. The molecule has 1 N–H and O–H groups in total. The maximum Gasteiger partial charge on any atom is 0.335 e. The van der Waals surface area contributed by atoms with Gasteiger partial charge in [-0.3, -0.25) is 9.97 Å². The summed E-state index contributed by atoms with van der Waals surface area (Å²) in [5.41, 5.74) is 7.66. The van der Waals surface area contributed by atoms with Crippen LogP contribution in [0.25, 0.3) is 34.5 Å². The molecule has 0 saturated heterocycles. The lowest BCUT2D eigenvalue weighted by molar-refractivity contribution is 0.0696. The molecule has 2 aromatic carbocycles. The van der Waals surface area contributed by atoms with Crippen molar-refractivity contribution < 1.29 is 9.90 Å². The minimum atomic E-state index is -0.927. The van der Waals surface area contributed by atoms with E-state index < -0.39 is 5.97 Å². The molecule has 0 bridgehead atoms. The van der Waals surface area contributed by atoms with Gasteiger partial charge in [0.1, 0.15) is 0 Å². The molecule has 0 atom stereocenters. The number of benzene rings is 2. The number of nitrogens with zero attached hydrogens (tertiary/aromatic N) is 2. The summed E-state index contributed by atoms with van der Waals surface area (Å²) in [6.45, 7) is 3.76. The van der Waals surface area contributed by atoms with Crippen LogP contribution in [-0.2, 0) is 0 Å². The van der Waals surface area contributed by atoms with Gasteiger partial charge in [-0.1, -0.05) is 54.6 Å². The Balaban J connectivity index is 1.82. The molecule has 0 aliphatic heterocycles. The van der Waals surface area contributed by atoms with Crippen LogP contribution in [-0.4, -0.2) is 21.0 Å². The Morgan fingerprint density at radius 2 is 1.55 bits per heavy atom. The fourth-order valence-electron chi connectivity index (χ4n) is 3.45. The highest BCUT2D eigenvalue weighted by molar-refractivity contribution is 5.90. The molecule has 4 heteroatoms. The molecule has 0 fully saturated rings. The first-order valence-electron chi connectivity index (χ1n) is 10.0. The molecular weight excluding hydrogens is 384 g/mol. The number of aryl methyl sites for hydroxylation is 2. The van der Waals surface area contributed by atoms with Crippen molar-refractivity contribution in [2.75, 3.05) is 0 Å². The molecule has 4 aromatic rings. The van der Waals surface area contributed by atoms with Crippen molar-refractivity contribution >= 4 is 18.1 Å². The van der Waals surface area contributed by atoms with Gasteiger partial charge in [0.2, 0.25) is 0 Å². The van der Waals surface area contributed by atoms with Crippen molar-refractivity contribution in [2.24, 2.45) is 0 Å². The average Bonchev–Trinajstić information content (AvgIpc) is 2.78. The summed E-state index contributed by atoms with van der Waals surface area (Å²) < 4.78 is 0. The lowest BCUT2D eigenvalue weighted by Crippen LogP contribution is -2.00. The molecule has 0 unspecified atom stereocenters. The Morgan fingerprint density at radius 1 is 0.806 bits per heavy atom. The van der Waals surface area contributed by atoms with E-state index in [1.54, 1.807) is 13.0 Å². The fourth-order valence-corrected chi connectivity index (χ4v) is 3.45. The van der Waals surface area contributed by atoms with E-state index in [1.807, 2.05) is 80.0 Å². The number of carboxylic acids is 1. The third kappa shape index (κ3) is 4.59. The van der Waals surface area contributed by atoms with E-state index in [4.69, 9.17) is 4.98 Å². The SMILES string of the molecule is Cc1ccc(-c2cnc(-c3ccc(C(=O)O)c(C)c3)c(/C=C/c3ccccc3)c2)cn1. The largest absolute Gasteiger partial charge is 0.478 e. The van der Waals surface area contributed by atoms with Crippen LogP contribution in [0.4, 0.5) is 0 Å².